The minimum absolute atomic E-state index is 0.0436. The van der Waals surface area contributed by atoms with Crippen LogP contribution in [0.2, 0.25) is 0 Å². The van der Waals surface area contributed by atoms with E-state index in [1.54, 1.807) is 29.9 Å². The fraction of sp³-hybridized carbons (Fsp3) is 0.261. The van der Waals surface area contributed by atoms with E-state index in [2.05, 4.69) is 24.3 Å². The number of hydrogen-bond acceptors (Lipinski definition) is 5. The molecule has 1 heterocycles. The van der Waals surface area contributed by atoms with Crippen molar-refractivity contribution >= 4 is 31.5 Å². The van der Waals surface area contributed by atoms with Crippen molar-refractivity contribution in [2.24, 2.45) is 7.05 Å². The van der Waals surface area contributed by atoms with Crippen LogP contribution in [0.25, 0.3) is 21.7 Å². The molecule has 0 spiro atoms. The van der Waals surface area contributed by atoms with E-state index >= 15 is 0 Å². The van der Waals surface area contributed by atoms with Gasteiger partial charge in [0.15, 0.2) is 5.03 Å². The molecule has 0 unspecified atom stereocenters. The van der Waals surface area contributed by atoms with Crippen molar-refractivity contribution in [3.63, 3.8) is 0 Å². The lowest BCUT2D eigenvalue weighted by atomic mass is 10.1. The van der Waals surface area contributed by atoms with Crippen LogP contribution in [0, 0.1) is 0 Å². The highest BCUT2D eigenvalue weighted by atomic mass is 32.2. The summed E-state index contributed by atoms with van der Waals surface area (Å²) in [5, 5.41) is 9.82. The van der Waals surface area contributed by atoms with Crippen LogP contribution >= 0.6 is 0 Å². The first kappa shape index (κ1) is 20.4. The predicted molar refractivity (Wildman–Crippen MR) is 119 cm³/mol. The van der Waals surface area contributed by atoms with Crippen LogP contribution in [0.1, 0.15) is 13.8 Å². The third kappa shape index (κ3) is 3.78. The molecule has 0 atom stereocenters. The molecule has 3 aromatic carbocycles. The number of fused-ring (bicyclic) bond motifs is 2. The molecule has 0 fully saturated rings. The van der Waals surface area contributed by atoms with Gasteiger partial charge >= 0.3 is 0 Å². The van der Waals surface area contributed by atoms with Gasteiger partial charge in [0.25, 0.3) is 0 Å². The van der Waals surface area contributed by atoms with Gasteiger partial charge in [0.2, 0.25) is 9.84 Å². The maximum absolute atomic E-state index is 13.6. The van der Waals surface area contributed by atoms with Crippen LogP contribution in [-0.2, 0) is 16.9 Å². The van der Waals surface area contributed by atoms with Crippen LogP contribution < -0.4 is 10.1 Å². The summed E-state index contributed by atoms with van der Waals surface area (Å²) in [5.41, 5.74) is 0.737. The van der Waals surface area contributed by atoms with E-state index in [0.717, 1.165) is 10.9 Å². The first-order valence-electron chi connectivity index (χ1n) is 9.94. The summed E-state index contributed by atoms with van der Waals surface area (Å²) in [6.07, 6.45) is 0. The van der Waals surface area contributed by atoms with Gasteiger partial charge in [-0.25, -0.2) is 8.42 Å². The summed E-state index contributed by atoms with van der Waals surface area (Å²) in [4.78, 5) is 0.257. The van der Waals surface area contributed by atoms with Crippen LogP contribution in [0.3, 0.4) is 0 Å². The van der Waals surface area contributed by atoms with Gasteiger partial charge in [-0.1, -0.05) is 50.2 Å². The standard InChI is InChI=1S/C23H25N3O3S/c1-16(2)24-13-14-29-18-11-12-21-20(15-18)23(25-26(21)3)30(27,28)22-10-6-8-17-7-4-5-9-19(17)22/h4-12,15-16,24H,13-14H2,1-3H3. The lowest BCUT2D eigenvalue weighted by Gasteiger charge is -2.10. The number of aromatic nitrogens is 2. The number of sulfone groups is 1. The van der Waals surface area contributed by atoms with E-state index in [0.29, 0.717) is 35.7 Å². The second kappa shape index (κ2) is 8.08. The average Bonchev–Trinajstić information content (AvgIpc) is 3.07. The van der Waals surface area contributed by atoms with Gasteiger partial charge in [0.1, 0.15) is 12.4 Å². The van der Waals surface area contributed by atoms with E-state index in [1.165, 1.54) is 0 Å². The van der Waals surface area contributed by atoms with Crippen molar-refractivity contribution < 1.29 is 13.2 Å². The van der Waals surface area contributed by atoms with E-state index in [9.17, 15) is 8.42 Å². The summed E-state index contributed by atoms with van der Waals surface area (Å²) in [6.45, 7) is 5.36. The lowest BCUT2D eigenvalue weighted by Crippen LogP contribution is -2.27. The van der Waals surface area contributed by atoms with Crippen molar-refractivity contribution in [3.05, 3.63) is 60.7 Å². The molecule has 0 saturated heterocycles. The second-order valence-corrected chi connectivity index (χ2v) is 9.38. The molecule has 156 valence electrons. The zero-order valence-corrected chi connectivity index (χ0v) is 18.1. The number of nitrogens with one attached hydrogen (secondary N) is 1. The zero-order valence-electron chi connectivity index (χ0n) is 17.3. The highest BCUT2D eigenvalue weighted by Crippen LogP contribution is 2.33. The summed E-state index contributed by atoms with van der Waals surface area (Å²) in [5.74, 6) is 0.621. The molecular weight excluding hydrogens is 398 g/mol. The monoisotopic (exact) mass is 423 g/mol. The fourth-order valence-electron chi connectivity index (χ4n) is 3.55. The number of aryl methyl sites for hydroxylation is 1. The Balaban J connectivity index is 1.76. The number of benzene rings is 3. The van der Waals surface area contributed by atoms with E-state index in [-0.39, 0.29) is 9.92 Å². The molecule has 0 aliphatic carbocycles. The minimum Gasteiger partial charge on any atom is -0.492 e. The van der Waals surface area contributed by atoms with Gasteiger partial charge in [0, 0.05) is 30.4 Å². The largest absolute Gasteiger partial charge is 0.492 e. The topological polar surface area (TPSA) is 73.2 Å². The molecule has 6 nitrogen and oxygen atoms in total. The Labute approximate surface area is 176 Å². The van der Waals surface area contributed by atoms with Crippen LogP contribution in [0.5, 0.6) is 5.75 Å². The molecule has 7 heteroatoms. The van der Waals surface area contributed by atoms with Crippen molar-refractivity contribution in [2.75, 3.05) is 13.2 Å². The van der Waals surface area contributed by atoms with E-state index < -0.39 is 9.84 Å². The Morgan fingerprint density at radius 2 is 1.80 bits per heavy atom. The maximum atomic E-state index is 13.6. The molecule has 30 heavy (non-hydrogen) atoms. The van der Waals surface area contributed by atoms with Gasteiger partial charge in [-0.2, -0.15) is 5.10 Å². The van der Waals surface area contributed by atoms with Gasteiger partial charge in [-0.05, 0) is 29.7 Å². The fourth-order valence-corrected chi connectivity index (χ4v) is 5.18. The van der Waals surface area contributed by atoms with Crippen LogP contribution in [-0.4, -0.2) is 37.4 Å². The molecule has 4 rings (SSSR count). The first-order valence-corrected chi connectivity index (χ1v) is 11.4. The molecule has 1 N–H and O–H groups in total. The normalized spacial score (nSPS) is 12.1. The van der Waals surface area contributed by atoms with Gasteiger partial charge in [-0.3, -0.25) is 4.68 Å². The summed E-state index contributed by atoms with van der Waals surface area (Å²) in [6, 6.07) is 18.6. The number of nitrogens with zero attached hydrogens (tertiary/aromatic N) is 2. The Morgan fingerprint density at radius 1 is 1.03 bits per heavy atom. The molecular formula is C23H25N3O3S. The van der Waals surface area contributed by atoms with Crippen molar-refractivity contribution in [1.82, 2.24) is 15.1 Å². The molecule has 0 aliphatic heterocycles. The zero-order chi connectivity index (χ0) is 21.3. The highest BCUT2D eigenvalue weighted by molar-refractivity contribution is 7.91. The summed E-state index contributed by atoms with van der Waals surface area (Å²) >= 11 is 0. The smallest absolute Gasteiger partial charge is 0.226 e. The van der Waals surface area contributed by atoms with Crippen LogP contribution in [0.4, 0.5) is 0 Å². The van der Waals surface area contributed by atoms with Gasteiger partial charge in [0.05, 0.1) is 10.4 Å². The van der Waals surface area contributed by atoms with Crippen molar-refractivity contribution in [1.29, 1.82) is 0 Å². The maximum Gasteiger partial charge on any atom is 0.226 e. The summed E-state index contributed by atoms with van der Waals surface area (Å²) < 4.78 is 34.6. The average molecular weight is 424 g/mol. The van der Waals surface area contributed by atoms with E-state index in [1.807, 2.05) is 42.5 Å². The third-order valence-corrected chi connectivity index (χ3v) is 6.75. The van der Waals surface area contributed by atoms with E-state index in [4.69, 9.17) is 4.74 Å². The van der Waals surface area contributed by atoms with Gasteiger partial charge < -0.3 is 10.1 Å². The van der Waals surface area contributed by atoms with Gasteiger partial charge in [-0.15, -0.1) is 0 Å². The third-order valence-electron chi connectivity index (χ3n) is 5.00. The Hall–Kier alpha value is -2.90. The Kier molecular flexibility index (Phi) is 5.49. The molecule has 0 aliphatic rings. The number of ether oxygens (including phenoxy) is 1. The molecule has 1 aromatic heterocycles. The molecule has 0 bridgehead atoms. The number of rotatable bonds is 7. The summed E-state index contributed by atoms with van der Waals surface area (Å²) in [7, 11) is -2.08. The quantitative estimate of drug-likeness (QED) is 0.456. The first-order chi connectivity index (χ1) is 14.4. The van der Waals surface area contributed by atoms with Crippen LogP contribution in [0.15, 0.2) is 70.6 Å². The lowest BCUT2D eigenvalue weighted by molar-refractivity contribution is 0.309. The highest BCUT2D eigenvalue weighted by Gasteiger charge is 2.26. The molecule has 0 saturated carbocycles. The molecule has 0 radical (unpaired) electrons. The predicted octanol–water partition coefficient (Wildman–Crippen LogP) is 3.94. The number of hydrogen-bond donors (Lipinski definition) is 1. The second-order valence-electron chi connectivity index (χ2n) is 7.55. The Morgan fingerprint density at radius 3 is 2.60 bits per heavy atom. The minimum atomic E-state index is -3.82. The molecule has 0 amide bonds. The van der Waals surface area contributed by atoms with Crippen molar-refractivity contribution in [3.8, 4) is 5.75 Å². The molecule has 4 aromatic rings. The Bertz CT molecular complexity index is 1300. The SMILES string of the molecule is CC(C)NCCOc1ccc2c(c1)c(S(=O)(=O)c1cccc3ccccc13)nn2C. The van der Waals surface area contributed by atoms with Crippen molar-refractivity contribution in [2.45, 2.75) is 29.8 Å².